The zero-order chi connectivity index (χ0) is 21.7. The van der Waals surface area contributed by atoms with Crippen molar-refractivity contribution in [3.8, 4) is 6.07 Å². The van der Waals surface area contributed by atoms with Gasteiger partial charge >= 0.3 is 0 Å². The Balaban J connectivity index is 1.56. The molecule has 0 amide bonds. The number of oxime groups is 1. The van der Waals surface area contributed by atoms with Crippen LogP contribution < -0.4 is 0 Å². The average Bonchev–Trinajstić information content (AvgIpc) is 3.36. The maximum absolute atomic E-state index is 14.7. The van der Waals surface area contributed by atoms with Crippen molar-refractivity contribution < 1.29 is 14.0 Å². The monoisotopic (exact) mass is 424 g/mol. The van der Waals surface area contributed by atoms with Gasteiger partial charge in [-0.05, 0) is 68.5 Å². The van der Waals surface area contributed by atoms with Crippen LogP contribution in [0.3, 0.4) is 0 Å². The lowest BCUT2D eigenvalue weighted by atomic mass is 9.87. The summed E-state index contributed by atoms with van der Waals surface area (Å²) in [6, 6.07) is 11.1. The highest BCUT2D eigenvalue weighted by molar-refractivity contribution is 6.30. The van der Waals surface area contributed by atoms with Gasteiger partial charge in [0.25, 0.3) is 0 Å². The highest BCUT2D eigenvalue weighted by Crippen LogP contribution is 2.48. The van der Waals surface area contributed by atoms with Crippen LogP contribution >= 0.6 is 11.6 Å². The van der Waals surface area contributed by atoms with Gasteiger partial charge in [-0.2, -0.15) is 5.26 Å². The van der Waals surface area contributed by atoms with E-state index in [0.717, 1.165) is 29.5 Å². The third-order valence-electron chi connectivity index (χ3n) is 6.05. The summed E-state index contributed by atoms with van der Waals surface area (Å²) in [6.07, 6.45) is 2.23. The summed E-state index contributed by atoms with van der Waals surface area (Å²) in [7, 11) is 0. The molecule has 1 atom stereocenters. The Morgan fingerprint density at radius 2 is 2.03 bits per heavy atom. The number of hydrogen-bond acceptors (Lipinski definition) is 4. The summed E-state index contributed by atoms with van der Waals surface area (Å²) in [6.45, 7) is 5.52. The molecule has 2 aromatic rings. The molecule has 1 heterocycles. The van der Waals surface area contributed by atoms with E-state index in [1.54, 1.807) is 25.1 Å². The summed E-state index contributed by atoms with van der Waals surface area (Å²) in [4.78, 5) is 18.3. The van der Waals surface area contributed by atoms with Gasteiger partial charge in [-0.15, -0.1) is 0 Å². The van der Waals surface area contributed by atoms with Crippen molar-refractivity contribution in [3.63, 3.8) is 0 Å². The van der Waals surface area contributed by atoms with Crippen LogP contribution in [0.15, 0.2) is 35.5 Å². The Bertz CT molecular complexity index is 1130. The number of ketones is 1. The topological polar surface area (TPSA) is 62.5 Å². The molecule has 2 aliphatic rings. The van der Waals surface area contributed by atoms with Gasteiger partial charge in [0.1, 0.15) is 5.82 Å². The Morgan fingerprint density at radius 1 is 1.30 bits per heavy atom. The van der Waals surface area contributed by atoms with Crippen molar-refractivity contribution in [2.75, 3.05) is 0 Å². The van der Waals surface area contributed by atoms with Crippen molar-refractivity contribution in [1.29, 1.82) is 5.26 Å². The van der Waals surface area contributed by atoms with Crippen LogP contribution in [-0.4, -0.2) is 11.5 Å². The van der Waals surface area contributed by atoms with Gasteiger partial charge in [0.05, 0.1) is 22.2 Å². The summed E-state index contributed by atoms with van der Waals surface area (Å²) in [5.41, 5.74) is 2.77. The number of benzene rings is 2. The van der Waals surface area contributed by atoms with Crippen molar-refractivity contribution in [2.24, 2.45) is 10.6 Å². The number of halogens is 2. The summed E-state index contributed by atoms with van der Waals surface area (Å²) in [5.74, 6) is -0.506. The molecule has 0 N–H and O–H groups in total. The number of Topliss-reactive ketones (excluding diaryl/α,β-unsaturated/α-hetero) is 1. The Morgan fingerprint density at radius 3 is 2.67 bits per heavy atom. The molecule has 1 aliphatic carbocycles. The molecule has 4 rings (SSSR count). The fraction of sp³-hybridized carbons (Fsp3) is 0.375. The molecule has 0 saturated heterocycles. The van der Waals surface area contributed by atoms with Crippen molar-refractivity contribution in [1.82, 2.24) is 0 Å². The second-order valence-electron chi connectivity index (χ2n) is 8.67. The number of nitrogens with zero attached hydrogens (tertiary/aromatic N) is 2. The van der Waals surface area contributed by atoms with Gasteiger partial charge < -0.3 is 4.84 Å². The zero-order valence-electron chi connectivity index (χ0n) is 17.2. The molecule has 1 saturated carbocycles. The van der Waals surface area contributed by atoms with Gasteiger partial charge in [-0.25, -0.2) is 4.39 Å². The largest absolute Gasteiger partial charge is 0.384 e. The first-order valence-corrected chi connectivity index (χ1v) is 10.3. The molecule has 30 heavy (non-hydrogen) atoms. The van der Waals surface area contributed by atoms with E-state index in [2.05, 4.69) is 11.2 Å². The van der Waals surface area contributed by atoms with Crippen molar-refractivity contribution in [3.05, 3.63) is 69.0 Å². The molecule has 2 aromatic carbocycles. The van der Waals surface area contributed by atoms with Gasteiger partial charge in [0, 0.05) is 24.0 Å². The lowest BCUT2D eigenvalue weighted by Crippen LogP contribution is -2.24. The first kappa shape index (κ1) is 20.6. The average molecular weight is 425 g/mol. The molecular weight excluding hydrogens is 403 g/mol. The quantitative estimate of drug-likeness (QED) is 0.552. The lowest BCUT2D eigenvalue weighted by molar-refractivity contribution is -0.0100. The smallest absolute Gasteiger partial charge is 0.168 e. The maximum Gasteiger partial charge on any atom is 0.168 e. The zero-order valence-corrected chi connectivity index (χ0v) is 17.9. The predicted molar refractivity (Wildman–Crippen MR) is 113 cm³/mol. The molecule has 6 heteroatoms. The predicted octanol–water partition coefficient (Wildman–Crippen LogP) is 6.01. The Kier molecular flexibility index (Phi) is 4.94. The number of aryl methyl sites for hydroxylation is 2. The van der Waals surface area contributed by atoms with E-state index in [9.17, 15) is 14.4 Å². The first-order valence-electron chi connectivity index (χ1n) is 9.93. The number of carbonyl (C=O) groups excluding carboxylic acids is 1. The molecule has 1 unspecified atom stereocenters. The standard InChI is InChI=1S/C24H22ClFN2O2/c1-14-8-18(22(26)19(25)9-14)23(3)11-20(28-30-23)16-4-5-17(15(2)10-16)21(29)12-24(13-27)6-7-24/h4-5,8-10H,6-7,11-12H2,1-3H3. The van der Waals surface area contributed by atoms with E-state index in [0.29, 0.717) is 23.3 Å². The fourth-order valence-electron chi connectivity index (χ4n) is 3.99. The molecule has 0 bridgehead atoms. The number of nitriles is 1. The number of hydrogen-bond donors (Lipinski definition) is 0. The maximum atomic E-state index is 14.7. The second kappa shape index (κ2) is 7.21. The minimum Gasteiger partial charge on any atom is -0.384 e. The molecule has 0 radical (unpaired) electrons. The van der Waals surface area contributed by atoms with Gasteiger partial charge in [0.15, 0.2) is 11.4 Å². The molecule has 0 spiro atoms. The third kappa shape index (κ3) is 3.61. The highest BCUT2D eigenvalue weighted by atomic mass is 35.5. The lowest BCUT2D eigenvalue weighted by Gasteiger charge is -2.23. The SMILES string of the molecule is Cc1cc(Cl)c(F)c(C2(C)CC(c3ccc(C(=O)CC4(C#N)CC4)c(C)c3)=NO2)c1. The van der Waals surface area contributed by atoms with Crippen LogP contribution in [0.2, 0.25) is 5.02 Å². The first-order chi connectivity index (χ1) is 14.2. The third-order valence-corrected chi connectivity index (χ3v) is 6.33. The second-order valence-corrected chi connectivity index (χ2v) is 9.07. The Labute approximate surface area is 180 Å². The van der Waals surface area contributed by atoms with E-state index in [1.165, 1.54) is 0 Å². The minimum absolute atomic E-state index is 0.0102. The van der Waals surface area contributed by atoms with Crippen LogP contribution in [-0.2, 0) is 10.4 Å². The van der Waals surface area contributed by atoms with Crippen LogP contribution in [0.4, 0.5) is 4.39 Å². The van der Waals surface area contributed by atoms with Gasteiger partial charge in [-0.1, -0.05) is 28.9 Å². The van der Waals surface area contributed by atoms with E-state index < -0.39 is 16.8 Å². The molecule has 1 aliphatic heterocycles. The number of rotatable bonds is 5. The van der Waals surface area contributed by atoms with Crippen LogP contribution in [0, 0.1) is 36.4 Å². The molecule has 154 valence electrons. The molecule has 1 fully saturated rings. The van der Waals surface area contributed by atoms with E-state index in [1.807, 2.05) is 26.0 Å². The van der Waals surface area contributed by atoms with Gasteiger partial charge in [-0.3, -0.25) is 4.79 Å². The van der Waals surface area contributed by atoms with Gasteiger partial charge in [0.2, 0.25) is 0 Å². The Hall–Kier alpha value is -2.71. The molecular formula is C24H22ClFN2O2. The molecule has 4 nitrogen and oxygen atoms in total. The summed E-state index contributed by atoms with van der Waals surface area (Å²) >= 11 is 6.02. The van der Waals surface area contributed by atoms with Crippen LogP contribution in [0.25, 0.3) is 0 Å². The van der Waals surface area contributed by atoms with E-state index in [-0.39, 0.29) is 17.2 Å². The number of carbonyl (C=O) groups is 1. The van der Waals surface area contributed by atoms with E-state index in [4.69, 9.17) is 16.4 Å². The normalized spacial score (nSPS) is 21.5. The van der Waals surface area contributed by atoms with E-state index >= 15 is 0 Å². The fourth-order valence-corrected chi connectivity index (χ4v) is 4.26. The summed E-state index contributed by atoms with van der Waals surface area (Å²) < 4.78 is 14.7. The summed E-state index contributed by atoms with van der Waals surface area (Å²) in [5, 5.41) is 13.5. The van der Waals surface area contributed by atoms with Crippen LogP contribution in [0.5, 0.6) is 0 Å². The van der Waals surface area contributed by atoms with Crippen molar-refractivity contribution in [2.45, 2.75) is 52.1 Å². The minimum atomic E-state index is -0.956. The highest BCUT2D eigenvalue weighted by Gasteiger charge is 2.45. The van der Waals surface area contributed by atoms with Crippen LogP contribution in [0.1, 0.15) is 65.2 Å². The van der Waals surface area contributed by atoms with Crippen molar-refractivity contribution >= 4 is 23.1 Å². The molecule has 0 aromatic heterocycles.